The van der Waals surface area contributed by atoms with Crippen LogP contribution in [0.2, 0.25) is 0 Å². The molecule has 1 aliphatic rings. The topological polar surface area (TPSA) is 89.2 Å². The fraction of sp³-hybridized carbons (Fsp3) is 0.259. The van der Waals surface area contributed by atoms with E-state index in [-0.39, 0.29) is 23.2 Å². The number of piperidine rings is 1. The summed E-state index contributed by atoms with van der Waals surface area (Å²) in [5.74, 6) is 4.52. The lowest BCUT2D eigenvalue weighted by Gasteiger charge is -2.32. The molecule has 0 radical (unpaired) electrons. The summed E-state index contributed by atoms with van der Waals surface area (Å²) in [5.41, 5.74) is 7.90. The van der Waals surface area contributed by atoms with Crippen molar-refractivity contribution in [1.82, 2.24) is 19.7 Å². The van der Waals surface area contributed by atoms with Crippen molar-refractivity contribution in [2.75, 3.05) is 25.4 Å². The number of halogens is 2. The van der Waals surface area contributed by atoms with E-state index in [1.807, 2.05) is 17.7 Å². The van der Waals surface area contributed by atoms with Gasteiger partial charge >= 0.3 is 0 Å². The van der Waals surface area contributed by atoms with Crippen LogP contribution in [0.15, 0.2) is 53.5 Å². The van der Waals surface area contributed by atoms with Crippen molar-refractivity contribution in [3.8, 4) is 34.5 Å². The van der Waals surface area contributed by atoms with Gasteiger partial charge in [-0.2, -0.15) is 5.10 Å². The molecule has 1 saturated heterocycles. The van der Waals surface area contributed by atoms with Crippen LogP contribution in [0.5, 0.6) is 11.5 Å². The highest BCUT2D eigenvalue weighted by molar-refractivity contribution is 6.02. The number of anilines is 1. The highest BCUT2D eigenvalue weighted by Crippen LogP contribution is 2.37. The lowest BCUT2D eigenvalue weighted by molar-refractivity contribution is 0.199. The van der Waals surface area contributed by atoms with E-state index in [1.54, 1.807) is 24.3 Å². The molecule has 1 fully saturated rings. The second kappa shape index (κ2) is 9.84. The molecule has 0 aliphatic carbocycles. The van der Waals surface area contributed by atoms with Crippen molar-refractivity contribution in [3.63, 3.8) is 0 Å². The molecule has 1 atom stereocenters. The molecule has 0 amide bonds. The summed E-state index contributed by atoms with van der Waals surface area (Å²) < 4.78 is 35.4. The highest BCUT2D eigenvalue weighted by atomic mass is 19.1. The van der Waals surface area contributed by atoms with E-state index in [4.69, 9.17) is 10.5 Å². The summed E-state index contributed by atoms with van der Waals surface area (Å²) in [6.07, 6.45) is 3.84. The van der Waals surface area contributed by atoms with Crippen LogP contribution in [0.3, 0.4) is 0 Å². The molecule has 4 aromatic rings. The first kappa shape index (κ1) is 23.6. The highest BCUT2D eigenvalue weighted by Gasteiger charge is 2.26. The number of H-pyrrole nitrogens is 1. The van der Waals surface area contributed by atoms with Gasteiger partial charge in [0.15, 0.2) is 23.2 Å². The van der Waals surface area contributed by atoms with E-state index >= 15 is 0 Å². The Morgan fingerprint density at radius 1 is 1.19 bits per heavy atom. The second-order valence-electron chi connectivity index (χ2n) is 8.75. The molecule has 0 saturated carbocycles. The van der Waals surface area contributed by atoms with Gasteiger partial charge in [0.25, 0.3) is 5.56 Å². The zero-order valence-corrected chi connectivity index (χ0v) is 19.7. The number of aromatic nitrogens is 3. The number of likely N-dealkylation sites (tertiary alicyclic amines) is 1. The third kappa shape index (κ3) is 4.43. The Labute approximate surface area is 206 Å². The van der Waals surface area contributed by atoms with Crippen LogP contribution in [-0.4, -0.2) is 39.3 Å². The molecule has 0 unspecified atom stereocenters. The predicted molar refractivity (Wildman–Crippen MR) is 135 cm³/mol. The minimum atomic E-state index is -0.785. The maximum Gasteiger partial charge on any atom is 0.288 e. The van der Waals surface area contributed by atoms with Crippen molar-refractivity contribution in [2.24, 2.45) is 0 Å². The molecule has 5 rings (SSSR count). The number of benzene rings is 2. The number of ether oxygens (including phenoxy) is 1. The number of nitrogen functional groups attached to an aromatic ring is 1. The summed E-state index contributed by atoms with van der Waals surface area (Å²) in [5, 5.41) is 7.06. The Bertz CT molecular complexity index is 1510. The van der Waals surface area contributed by atoms with Crippen LogP contribution >= 0.6 is 0 Å². The van der Waals surface area contributed by atoms with E-state index in [0.29, 0.717) is 17.4 Å². The smallest absolute Gasteiger partial charge is 0.288 e. The molecule has 7 nitrogen and oxygen atoms in total. The predicted octanol–water partition coefficient (Wildman–Crippen LogP) is 4.70. The molecule has 36 heavy (non-hydrogen) atoms. The van der Waals surface area contributed by atoms with Gasteiger partial charge in [-0.1, -0.05) is 24.1 Å². The van der Waals surface area contributed by atoms with Gasteiger partial charge in [0, 0.05) is 24.3 Å². The SMILES string of the molecule is CC#CCN1CCC[C@@H](n2cc(-c3ccc(Oc4c(F)cccc4F)cc3)c3c(N)n[nH]c(=O)c32)C1. The Hall–Kier alpha value is -4.16. The lowest BCUT2D eigenvalue weighted by atomic mass is 10.1. The first-order chi connectivity index (χ1) is 17.5. The summed E-state index contributed by atoms with van der Waals surface area (Å²) in [4.78, 5) is 15.2. The van der Waals surface area contributed by atoms with Crippen molar-refractivity contribution < 1.29 is 13.5 Å². The Morgan fingerprint density at radius 3 is 2.67 bits per heavy atom. The van der Waals surface area contributed by atoms with Crippen LogP contribution in [0.25, 0.3) is 22.0 Å². The summed E-state index contributed by atoms with van der Waals surface area (Å²) in [7, 11) is 0. The molecule has 2 aromatic carbocycles. The molecule has 1 aliphatic heterocycles. The fourth-order valence-electron chi connectivity index (χ4n) is 4.73. The maximum absolute atomic E-state index is 14.0. The average molecular weight is 490 g/mol. The average Bonchev–Trinajstić information content (AvgIpc) is 3.30. The van der Waals surface area contributed by atoms with Crippen LogP contribution in [0.4, 0.5) is 14.6 Å². The minimum absolute atomic E-state index is 0.0724. The molecule has 9 heteroatoms. The van der Waals surface area contributed by atoms with E-state index in [2.05, 4.69) is 26.9 Å². The number of rotatable bonds is 5. The van der Waals surface area contributed by atoms with Gasteiger partial charge in [-0.25, -0.2) is 13.9 Å². The van der Waals surface area contributed by atoms with Gasteiger partial charge in [0.1, 0.15) is 11.3 Å². The van der Waals surface area contributed by atoms with Crippen LogP contribution < -0.4 is 16.0 Å². The summed E-state index contributed by atoms with van der Waals surface area (Å²) in [6, 6.07) is 10.4. The lowest BCUT2D eigenvalue weighted by Crippen LogP contribution is -2.37. The zero-order valence-electron chi connectivity index (χ0n) is 19.7. The number of aromatic amines is 1. The van der Waals surface area contributed by atoms with Crippen molar-refractivity contribution in [1.29, 1.82) is 0 Å². The van der Waals surface area contributed by atoms with Gasteiger partial charge in [-0.15, -0.1) is 5.92 Å². The van der Waals surface area contributed by atoms with Crippen molar-refractivity contribution in [3.05, 3.63) is 70.6 Å². The van der Waals surface area contributed by atoms with Gasteiger partial charge < -0.3 is 15.0 Å². The van der Waals surface area contributed by atoms with Crippen molar-refractivity contribution >= 4 is 16.7 Å². The Kier molecular flexibility index (Phi) is 6.44. The molecule has 2 aromatic heterocycles. The third-order valence-electron chi connectivity index (χ3n) is 6.44. The zero-order chi connectivity index (χ0) is 25.2. The number of nitrogens with two attached hydrogens (primary N) is 1. The first-order valence-corrected chi connectivity index (χ1v) is 11.7. The second-order valence-corrected chi connectivity index (χ2v) is 8.75. The van der Waals surface area contributed by atoms with E-state index in [0.717, 1.165) is 49.2 Å². The maximum atomic E-state index is 14.0. The number of para-hydroxylation sites is 1. The number of hydrogen-bond donors (Lipinski definition) is 2. The third-order valence-corrected chi connectivity index (χ3v) is 6.44. The first-order valence-electron chi connectivity index (χ1n) is 11.7. The quantitative estimate of drug-likeness (QED) is 0.397. The number of fused-ring (bicyclic) bond motifs is 1. The molecule has 3 heterocycles. The van der Waals surface area contributed by atoms with Crippen LogP contribution in [0, 0.1) is 23.5 Å². The molecular formula is C27H25F2N5O2. The van der Waals surface area contributed by atoms with Crippen LogP contribution in [0.1, 0.15) is 25.8 Å². The largest absolute Gasteiger partial charge is 0.451 e. The van der Waals surface area contributed by atoms with Gasteiger partial charge in [-0.3, -0.25) is 9.69 Å². The molecule has 184 valence electrons. The Morgan fingerprint density at radius 2 is 1.94 bits per heavy atom. The van der Waals surface area contributed by atoms with E-state index < -0.39 is 17.4 Å². The molecule has 3 N–H and O–H groups in total. The van der Waals surface area contributed by atoms with Gasteiger partial charge in [0.2, 0.25) is 0 Å². The number of nitrogens with one attached hydrogen (secondary N) is 1. The standard InChI is InChI=1S/C27H25F2N5O2/c1-2-3-13-33-14-5-6-18(15-33)34-16-20(23-24(34)27(35)32-31-26(23)30)17-9-11-19(12-10-17)36-25-21(28)7-4-8-22(25)29/h4,7-12,16,18H,5-6,13-15H2,1H3,(H2,30,31)(H,32,35)/t18-/m1/s1. The van der Waals surface area contributed by atoms with Crippen molar-refractivity contribution in [2.45, 2.75) is 25.8 Å². The van der Waals surface area contributed by atoms with E-state index in [1.165, 1.54) is 6.07 Å². The fourth-order valence-corrected chi connectivity index (χ4v) is 4.73. The van der Waals surface area contributed by atoms with Gasteiger partial charge in [0.05, 0.1) is 11.9 Å². The monoisotopic (exact) mass is 489 g/mol. The normalized spacial score (nSPS) is 16.0. The summed E-state index contributed by atoms with van der Waals surface area (Å²) in [6.45, 7) is 4.23. The number of nitrogens with zero attached hydrogens (tertiary/aromatic N) is 3. The summed E-state index contributed by atoms with van der Waals surface area (Å²) >= 11 is 0. The van der Waals surface area contributed by atoms with E-state index in [9.17, 15) is 13.6 Å². The molecular weight excluding hydrogens is 464 g/mol. The molecule has 0 spiro atoms. The number of hydrogen-bond acceptors (Lipinski definition) is 5. The minimum Gasteiger partial charge on any atom is -0.451 e. The van der Waals surface area contributed by atoms with Crippen LogP contribution in [-0.2, 0) is 0 Å². The molecule has 0 bridgehead atoms. The Balaban J connectivity index is 1.52. The van der Waals surface area contributed by atoms with Gasteiger partial charge in [-0.05, 0) is 56.1 Å².